The van der Waals surface area contributed by atoms with Gasteiger partial charge in [0, 0.05) is 110 Å². The number of rotatable bonds is 0. The van der Waals surface area contributed by atoms with Crippen LogP contribution in [0.2, 0.25) is 0 Å². The van der Waals surface area contributed by atoms with Crippen molar-refractivity contribution < 1.29 is 110 Å². The van der Waals surface area contributed by atoms with E-state index in [0.717, 1.165) is 0 Å². The maximum Gasteiger partial charge on any atom is 0 e. The maximum atomic E-state index is 0. The largest absolute Gasteiger partial charge is 0 e. The standard InChI is InChI=1S/Bi.Er.GeH4.La.Tm.3H/h;;1H4;;;;;. The van der Waals surface area contributed by atoms with Gasteiger partial charge < -0.3 is 0 Å². The average molecular weight is 764 g/mol. The molecular weight excluding hydrogens is 757 g/mol. The molecule has 0 bridgehead atoms. The monoisotopic (exact) mass is 764 g/mol. The van der Waals surface area contributed by atoms with Gasteiger partial charge in [-0.05, 0) is 0 Å². The molecule has 0 aliphatic carbocycles. The Morgan fingerprint density at radius 1 is 1.00 bits per heavy atom. The minimum Gasteiger partial charge on any atom is 0 e. The van der Waals surface area contributed by atoms with E-state index >= 15 is 0 Å². The zero-order valence-electron chi connectivity index (χ0n) is 1.85. The average Bonchev–Trinajstić information content (AvgIpc) is 0. The fraction of sp³-hybridized carbons (Fsp3) is 0. The van der Waals surface area contributed by atoms with Crippen molar-refractivity contribution in [3.8, 4) is 0 Å². The molecule has 44 valence electrons. The third kappa shape index (κ3) is 17.6. The van der Waals surface area contributed by atoms with Gasteiger partial charge >= 0.3 is 43.8 Å². The van der Waals surface area contributed by atoms with Crippen LogP contribution in [0.1, 0.15) is 0 Å². The molecule has 0 aromatic carbocycles. The van der Waals surface area contributed by atoms with E-state index < -0.39 is 0 Å². The quantitative estimate of drug-likeness (QED) is 0.237. The predicted octanol–water partition coefficient (Wildman–Crippen LogP) is -2.64. The molecule has 0 unspecified atom stereocenters. The summed E-state index contributed by atoms with van der Waals surface area (Å²) in [6, 6.07) is 0. The maximum absolute atomic E-state index is 0. The summed E-state index contributed by atoms with van der Waals surface area (Å²) in [5.74, 6) is 0. The van der Waals surface area contributed by atoms with E-state index in [1.165, 1.54) is 0 Å². The van der Waals surface area contributed by atoms with E-state index in [0.29, 0.717) is 0 Å². The van der Waals surface area contributed by atoms with Crippen LogP contribution in [0.3, 0.4) is 0 Å². The SMILES string of the molecule is [BiH3].[Er].[GeH4].[La].[Tm]. The Balaban J connectivity index is 0. The third-order valence-corrected chi connectivity index (χ3v) is 0. The van der Waals surface area contributed by atoms with Crippen LogP contribution in [0.25, 0.3) is 0 Å². The van der Waals surface area contributed by atoms with Crippen LogP contribution in [-0.2, 0) is 0 Å². The molecule has 0 saturated heterocycles. The summed E-state index contributed by atoms with van der Waals surface area (Å²) in [5, 5.41) is 0. The van der Waals surface area contributed by atoms with Gasteiger partial charge in [-0.3, -0.25) is 0 Å². The number of hydrogen-bond acceptors (Lipinski definition) is 0. The molecule has 0 aromatic heterocycles. The van der Waals surface area contributed by atoms with Crippen molar-refractivity contribution in [2.75, 3.05) is 0 Å². The fourth-order valence-electron chi connectivity index (χ4n) is 0. The summed E-state index contributed by atoms with van der Waals surface area (Å²) in [7, 11) is 0. The molecule has 5 heavy (non-hydrogen) atoms. The second-order valence-corrected chi connectivity index (χ2v) is 0. The molecule has 0 heterocycles. The summed E-state index contributed by atoms with van der Waals surface area (Å²) in [6.07, 6.45) is 0. The van der Waals surface area contributed by atoms with Crippen molar-refractivity contribution in [1.29, 1.82) is 0 Å². The first-order chi connectivity index (χ1) is 0. The van der Waals surface area contributed by atoms with E-state index in [9.17, 15) is 0 Å². The van der Waals surface area contributed by atoms with Crippen LogP contribution in [0, 0.1) is 110 Å². The normalized spacial score (nSPS) is 0. The molecular formula is H7BiErGeLaTm. The van der Waals surface area contributed by atoms with Crippen molar-refractivity contribution in [3.63, 3.8) is 0 Å². The molecule has 0 rings (SSSR count). The Hall–Kier alpha value is 5.10. The van der Waals surface area contributed by atoms with Gasteiger partial charge in [0.1, 0.15) is 0 Å². The second-order valence-electron chi connectivity index (χ2n) is 0. The van der Waals surface area contributed by atoms with Gasteiger partial charge in [0.25, 0.3) is 0 Å². The van der Waals surface area contributed by atoms with Gasteiger partial charge in [-0.25, -0.2) is 0 Å². The van der Waals surface area contributed by atoms with E-state index in [4.69, 9.17) is 0 Å². The molecule has 0 aliphatic heterocycles. The molecule has 0 N–H and O–H groups in total. The second kappa shape index (κ2) is 23.0. The van der Waals surface area contributed by atoms with Gasteiger partial charge in [0.2, 0.25) is 0 Å². The van der Waals surface area contributed by atoms with Crippen molar-refractivity contribution >= 4 is 43.8 Å². The first-order valence-corrected chi connectivity index (χ1v) is 0. The van der Waals surface area contributed by atoms with E-state index in [2.05, 4.69) is 0 Å². The molecule has 0 atom stereocenters. The third-order valence-electron chi connectivity index (χ3n) is 0. The molecule has 0 nitrogen and oxygen atoms in total. The molecule has 5 heteroatoms. The molecule has 0 aromatic rings. The zero-order chi connectivity index (χ0) is 0. The number of hydrogen-bond donors (Lipinski definition) is 0. The van der Waals surface area contributed by atoms with Crippen LogP contribution in [0.15, 0.2) is 0 Å². The summed E-state index contributed by atoms with van der Waals surface area (Å²) < 4.78 is 0. The van der Waals surface area contributed by atoms with Crippen molar-refractivity contribution in [2.24, 2.45) is 0 Å². The van der Waals surface area contributed by atoms with Crippen LogP contribution in [0.4, 0.5) is 0 Å². The van der Waals surface area contributed by atoms with Gasteiger partial charge in [0.05, 0.1) is 0 Å². The Bertz CT molecular complexity index is 11.6. The van der Waals surface area contributed by atoms with E-state index in [-0.39, 0.29) is 154 Å². The van der Waals surface area contributed by atoms with Crippen molar-refractivity contribution in [2.45, 2.75) is 0 Å². The van der Waals surface area contributed by atoms with Gasteiger partial charge in [-0.1, -0.05) is 0 Å². The molecule has 0 fully saturated rings. The van der Waals surface area contributed by atoms with Gasteiger partial charge in [-0.15, -0.1) is 0 Å². The Morgan fingerprint density at radius 2 is 1.00 bits per heavy atom. The molecule has 2 radical (unpaired) electrons. The minimum atomic E-state index is 0. The first-order valence-electron chi connectivity index (χ1n) is 0. The summed E-state index contributed by atoms with van der Waals surface area (Å²) in [4.78, 5) is 0. The van der Waals surface area contributed by atoms with Crippen LogP contribution in [-0.4, -0.2) is 43.8 Å². The minimum absolute atomic E-state index is 0. The molecule has 0 spiro atoms. The van der Waals surface area contributed by atoms with Gasteiger partial charge in [-0.2, -0.15) is 0 Å². The topological polar surface area (TPSA) is 0 Å². The molecule has 0 saturated carbocycles. The first kappa shape index (κ1) is 32.2. The van der Waals surface area contributed by atoms with Crippen LogP contribution >= 0.6 is 0 Å². The van der Waals surface area contributed by atoms with Crippen molar-refractivity contribution in [1.82, 2.24) is 0 Å². The summed E-state index contributed by atoms with van der Waals surface area (Å²) in [5.41, 5.74) is 0. The smallest absolute Gasteiger partial charge is 0 e. The van der Waals surface area contributed by atoms with Crippen LogP contribution < -0.4 is 0 Å². The van der Waals surface area contributed by atoms with Crippen molar-refractivity contribution in [3.05, 3.63) is 0 Å². The van der Waals surface area contributed by atoms with E-state index in [1.54, 1.807) is 0 Å². The Labute approximate surface area is 149 Å². The Kier molecular flexibility index (Phi) is 148. The molecule has 0 aliphatic rings. The fourth-order valence-corrected chi connectivity index (χ4v) is 0. The predicted molar refractivity (Wildman–Crippen MR) is 21.3 cm³/mol. The van der Waals surface area contributed by atoms with Crippen LogP contribution in [0.5, 0.6) is 0 Å². The van der Waals surface area contributed by atoms with E-state index in [1.807, 2.05) is 0 Å². The van der Waals surface area contributed by atoms with Gasteiger partial charge in [0.15, 0.2) is 0 Å². The molecule has 0 amide bonds. The summed E-state index contributed by atoms with van der Waals surface area (Å²) >= 11 is 0. The Morgan fingerprint density at radius 3 is 1.00 bits per heavy atom. The zero-order valence-corrected chi connectivity index (χ0v) is 14.6. The summed E-state index contributed by atoms with van der Waals surface area (Å²) in [6.45, 7) is 0.